The molecule has 0 saturated carbocycles. The molecule has 7 nitrogen and oxygen atoms in total. The van der Waals surface area contributed by atoms with Gasteiger partial charge in [0.15, 0.2) is 0 Å². The number of carboxylic acid groups (broad SMARTS) is 1. The first-order valence-corrected chi connectivity index (χ1v) is 11.5. The number of carboxylic acids is 1. The number of carbonyl (C=O) groups is 1. The number of hydrogen-bond donors (Lipinski definition) is 3. The third-order valence-electron chi connectivity index (χ3n) is 5.34. The normalized spacial score (nSPS) is 14.2. The maximum Gasteiger partial charge on any atom is 0.335 e. The topological polar surface area (TPSA) is 99.0 Å². The fourth-order valence-electron chi connectivity index (χ4n) is 3.72. The maximum atomic E-state index is 13.2. The second-order valence-electron chi connectivity index (χ2n) is 7.49. The molecule has 4 aromatic rings. The average molecular weight is 478 g/mol. The van der Waals surface area contributed by atoms with E-state index >= 15 is 0 Å². The van der Waals surface area contributed by atoms with Crippen LogP contribution in [0.4, 0.5) is 5.69 Å². The Hall–Kier alpha value is -3.62. The number of rotatable bonds is 5. The fourth-order valence-corrected chi connectivity index (χ4v) is 4.65. The zero-order chi connectivity index (χ0) is 22.9. The van der Waals surface area contributed by atoms with Crippen molar-refractivity contribution in [1.82, 2.24) is 10.1 Å². The monoisotopic (exact) mass is 477 g/mol. The van der Waals surface area contributed by atoms with Crippen molar-refractivity contribution < 1.29 is 14.6 Å². The van der Waals surface area contributed by atoms with E-state index in [1.165, 1.54) is 11.8 Å². The van der Waals surface area contributed by atoms with E-state index in [1.807, 2.05) is 48.5 Å². The van der Waals surface area contributed by atoms with Crippen LogP contribution in [0.5, 0.6) is 0 Å². The molecule has 0 spiro atoms. The van der Waals surface area contributed by atoms with Crippen molar-refractivity contribution in [2.75, 3.05) is 5.32 Å². The third-order valence-corrected chi connectivity index (χ3v) is 6.53. The molecule has 0 unspecified atom stereocenters. The van der Waals surface area contributed by atoms with E-state index in [4.69, 9.17) is 16.7 Å². The van der Waals surface area contributed by atoms with Gasteiger partial charge >= 0.3 is 17.2 Å². The summed E-state index contributed by atoms with van der Waals surface area (Å²) in [5.74, 6) is -0.381. The number of nitrogens with zero attached hydrogens (tertiary/aromatic N) is 2. The van der Waals surface area contributed by atoms with E-state index < -0.39 is 12.1 Å². The van der Waals surface area contributed by atoms with Crippen LogP contribution in [0.3, 0.4) is 0 Å². The van der Waals surface area contributed by atoms with Crippen LogP contribution in [0.25, 0.3) is 11.3 Å². The number of H-pyrrole nitrogens is 1. The van der Waals surface area contributed by atoms with Crippen molar-refractivity contribution in [3.63, 3.8) is 0 Å². The largest absolute Gasteiger partial charge is 0.478 e. The third kappa shape index (κ3) is 4.22. The number of fused-ring (bicyclic) bond motifs is 3. The molecule has 0 radical (unpaired) electrons. The summed E-state index contributed by atoms with van der Waals surface area (Å²) in [5, 5.41) is 18.5. The van der Waals surface area contributed by atoms with Gasteiger partial charge in [0.05, 0.1) is 16.8 Å². The Balaban J connectivity index is 1.56. The molecule has 1 aliphatic rings. The van der Waals surface area contributed by atoms with Crippen LogP contribution in [0, 0.1) is 0 Å². The molecule has 0 amide bonds. The van der Waals surface area contributed by atoms with Crippen LogP contribution < -0.4 is 15.6 Å². The van der Waals surface area contributed by atoms with Gasteiger partial charge in [-0.25, -0.2) is 4.79 Å². The molecule has 2 heterocycles. The molecule has 0 aliphatic carbocycles. The SMILES string of the molecule is O=C(O)c1ccc([C@H]2Nc3ccccc3-c3c(=O)[nH]c(SCc4ccc(Cl)cc4)n[n+]32)cc1. The molecule has 0 fully saturated rings. The Morgan fingerprint density at radius 2 is 1.79 bits per heavy atom. The highest BCUT2D eigenvalue weighted by molar-refractivity contribution is 7.98. The first-order valence-electron chi connectivity index (χ1n) is 10.1. The van der Waals surface area contributed by atoms with Crippen molar-refractivity contribution in [3.8, 4) is 11.3 Å². The molecule has 1 atom stereocenters. The van der Waals surface area contributed by atoms with Gasteiger partial charge in [-0.15, -0.1) is 0 Å². The summed E-state index contributed by atoms with van der Waals surface area (Å²) in [7, 11) is 0. The number of thioether (sulfide) groups is 1. The van der Waals surface area contributed by atoms with Crippen LogP contribution in [0.15, 0.2) is 82.7 Å². The average Bonchev–Trinajstić information content (AvgIpc) is 2.83. The van der Waals surface area contributed by atoms with Crippen molar-refractivity contribution in [3.05, 3.63) is 105 Å². The highest BCUT2D eigenvalue weighted by Gasteiger charge is 2.37. The lowest BCUT2D eigenvalue weighted by atomic mass is 10.0. The predicted molar refractivity (Wildman–Crippen MR) is 127 cm³/mol. The van der Waals surface area contributed by atoms with E-state index in [0.717, 1.165) is 22.4 Å². The van der Waals surface area contributed by atoms with E-state index in [0.29, 0.717) is 21.6 Å². The van der Waals surface area contributed by atoms with Crippen LogP contribution in [-0.2, 0) is 5.75 Å². The second-order valence-corrected chi connectivity index (χ2v) is 8.89. The number of halogens is 1. The minimum Gasteiger partial charge on any atom is -0.478 e. The molecule has 0 saturated heterocycles. The Kier molecular flexibility index (Phi) is 5.62. The molecule has 164 valence electrons. The molecule has 5 rings (SSSR count). The van der Waals surface area contributed by atoms with E-state index in [9.17, 15) is 14.7 Å². The van der Waals surface area contributed by atoms with Crippen LogP contribution in [-0.4, -0.2) is 21.2 Å². The number of hydrogen-bond acceptors (Lipinski definition) is 5. The van der Waals surface area contributed by atoms with Gasteiger partial charge in [0.2, 0.25) is 5.16 Å². The van der Waals surface area contributed by atoms with Gasteiger partial charge in [-0.05, 0) is 58.8 Å². The highest BCUT2D eigenvalue weighted by atomic mass is 35.5. The van der Waals surface area contributed by atoms with E-state index in [1.54, 1.807) is 28.9 Å². The molecule has 1 aromatic heterocycles. The van der Waals surface area contributed by atoms with E-state index in [-0.39, 0.29) is 11.1 Å². The quantitative estimate of drug-likeness (QED) is 0.292. The second kappa shape index (κ2) is 8.73. The number of aromatic nitrogens is 3. The van der Waals surface area contributed by atoms with Gasteiger partial charge in [0.25, 0.3) is 6.17 Å². The lowest BCUT2D eigenvalue weighted by Crippen LogP contribution is -2.55. The summed E-state index contributed by atoms with van der Waals surface area (Å²) < 4.78 is 1.67. The minimum atomic E-state index is -0.994. The van der Waals surface area contributed by atoms with Gasteiger partial charge in [0.1, 0.15) is 0 Å². The summed E-state index contributed by atoms with van der Waals surface area (Å²) in [6.07, 6.45) is -0.477. The number of aromatic amines is 1. The summed E-state index contributed by atoms with van der Waals surface area (Å²) in [5.41, 5.74) is 3.78. The van der Waals surface area contributed by atoms with E-state index in [2.05, 4.69) is 10.3 Å². The molecule has 0 bridgehead atoms. The molecular weight excluding hydrogens is 460 g/mol. The van der Waals surface area contributed by atoms with Gasteiger partial charge < -0.3 is 10.4 Å². The van der Waals surface area contributed by atoms with Crippen LogP contribution in [0.1, 0.15) is 27.7 Å². The van der Waals surface area contributed by atoms with Crippen molar-refractivity contribution >= 4 is 35.0 Å². The number of anilines is 1. The first kappa shape index (κ1) is 21.2. The zero-order valence-electron chi connectivity index (χ0n) is 17.2. The molecule has 33 heavy (non-hydrogen) atoms. The Morgan fingerprint density at radius 3 is 2.52 bits per heavy atom. The molecule has 3 N–H and O–H groups in total. The Labute approximate surface area is 198 Å². The Morgan fingerprint density at radius 1 is 1.06 bits per heavy atom. The van der Waals surface area contributed by atoms with Crippen molar-refractivity contribution in [1.29, 1.82) is 0 Å². The highest BCUT2D eigenvalue weighted by Crippen LogP contribution is 2.32. The fraction of sp³-hybridized carbons (Fsp3) is 0.0833. The standard InChI is InChI=1S/C24H17ClN4O3S/c25-17-11-5-14(6-12-17)13-33-24-27-22(30)20-18-3-1-2-4-19(18)26-21(29(20)28-24)15-7-9-16(10-8-15)23(31)32/h1-12,21H,13H2,(H2,27,28,30,31,32)/p+1/t21-/m0/s1. The van der Waals surface area contributed by atoms with Crippen molar-refractivity contribution in [2.45, 2.75) is 17.1 Å². The maximum absolute atomic E-state index is 13.2. The van der Waals surface area contributed by atoms with Crippen molar-refractivity contribution in [2.24, 2.45) is 0 Å². The number of para-hydroxylation sites is 1. The Bertz CT molecular complexity index is 1400. The van der Waals surface area contributed by atoms with Crippen LogP contribution >= 0.6 is 23.4 Å². The zero-order valence-corrected chi connectivity index (χ0v) is 18.7. The first-order chi connectivity index (χ1) is 16.0. The summed E-state index contributed by atoms with van der Waals surface area (Å²) in [4.78, 5) is 27.3. The lowest BCUT2D eigenvalue weighted by Gasteiger charge is -2.22. The van der Waals surface area contributed by atoms with Gasteiger partial charge in [-0.1, -0.05) is 47.6 Å². The molecule has 1 aliphatic heterocycles. The smallest absolute Gasteiger partial charge is 0.335 e. The molecule has 9 heteroatoms. The van der Waals surface area contributed by atoms with Gasteiger partial charge in [0, 0.05) is 21.4 Å². The molecule has 3 aromatic carbocycles. The lowest BCUT2D eigenvalue weighted by molar-refractivity contribution is -0.759. The summed E-state index contributed by atoms with van der Waals surface area (Å²) in [6, 6.07) is 21.6. The summed E-state index contributed by atoms with van der Waals surface area (Å²) in [6.45, 7) is 0. The summed E-state index contributed by atoms with van der Waals surface area (Å²) >= 11 is 7.38. The van der Waals surface area contributed by atoms with Gasteiger partial charge in [-0.3, -0.25) is 9.78 Å². The number of nitrogens with one attached hydrogen (secondary N) is 2. The number of benzene rings is 3. The number of aromatic carboxylic acids is 1. The predicted octanol–water partition coefficient (Wildman–Crippen LogP) is 4.34. The minimum absolute atomic E-state index is 0.193. The van der Waals surface area contributed by atoms with Gasteiger partial charge in [-0.2, -0.15) is 0 Å². The molecular formula is C24H18ClN4O3S+. The van der Waals surface area contributed by atoms with Crippen LogP contribution in [0.2, 0.25) is 5.02 Å².